The Bertz CT molecular complexity index is 791. The quantitative estimate of drug-likeness (QED) is 0.718. The zero-order valence-electron chi connectivity index (χ0n) is 13.2. The molecule has 5 nitrogen and oxygen atoms in total. The van der Waals surface area contributed by atoms with Crippen LogP contribution in [0.25, 0.3) is 0 Å². The zero-order chi connectivity index (χ0) is 16.8. The Morgan fingerprint density at radius 1 is 1.00 bits per heavy atom. The molecule has 0 radical (unpaired) electrons. The lowest BCUT2D eigenvalue weighted by atomic mass is 10.2. The average molecular weight is 324 g/mol. The van der Waals surface area contributed by atoms with E-state index in [2.05, 4.69) is 20.6 Å². The third-order valence-corrected chi connectivity index (χ3v) is 3.39. The molecule has 1 aromatic heterocycles. The number of nitrogens with one attached hydrogen (secondary N) is 2. The van der Waals surface area contributed by atoms with Gasteiger partial charge in [-0.05, 0) is 48.0 Å². The van der Waals surface area contributed by atoms with E-state index in [1.54, 1.807) is 31.5 Å². The van der Waals surface area contributed by atoms with Crippen molar-refractivity contribution in [3.8, 4) is 5.75 Å². The Morgan fingerprint density at radius 2 is 1.75 bits per heavy atom. The normalized spacial score (nSPS) is 10.2. The van der Waals surface area contributed by atoms with Crippen LogP contribution in [-0.4, -0.2) is 17.1 Å². The van der Waals surface area contributed by atoms with Crippen LogP contribution in [0.15, 0.2) is 60.8 Å². The molecule has 1 heterocycles. The van der Waals surface area contributed by atoms with Gasteiger partial charge in [-0.1, -0.05) is 12.1 Å². The van der Waals surface area contributed by atoms with E-state index in [4.69, 9.17) is 4.74 Å². The average Bonchev–Trinajstić information content (AvgIpc) is 2.63. The molecule has 0 fully saturated rings. The van der Waals surface area contributed by atoms with E-state index < -0.39 is 0 Å². The lowest BCUT2D eigenvalue weighted by molar-refractivity contribution is 0.414. The third kappa shape index (κ3) is 4.19. The van der Waals surface area contributed by atoms with Crippen LogP contribution in [0.3, 0.4) is 0 Å². The minimum Gasteiger partial charge on any atom is -0.497 e. The Morgan fingerprint density at radius 3 is 2.46 bits per heavy atom. The summed E-state index contributed by atoms with van der Waals surface area (Å²) in [6, 6.07) is 15.6. The number of aromatic nitrogens is 2. The lowest BCUT2D eigenvalue weighted by Gasteiger charge is -2.09. The smallest absolute Gasteiger partial charge is 0.229 e. The van der Waals surface area contributed by atoms with Gasteiger partial charge >= 0.3 is 0 Å². The molecule has 2 N–H and O–H groups in total. The van der Waals surface area contributed by atoms with Gasteiger partial charge in [0.1, 0.15) is 17.4 Å². The molecule has 0 spiro atoms. The van der Waals surface area contributed by atoms with Crippen LogP contribution in [0.1, 0.15) is 5.56 Å². The number of methoxy groups -OCH3 is 1. The predicted octanol–water partition coefficient (Wildman–Crippen LogP) is 3.98. The van der Waals surface area contributed by atoms with Gasteiger partial charge in [0.2, 0.25) is 5.95 Å². The zero-order valence-corrected chi connectivity index (χ0v) is 13.2. The molecule has 0 unspecified atom stereocenters. The summed E-state index contributed by atoms with van der Waals surface area (Å²) in [5.74, 6) is 1.69. The highest BCUT2D eigenvalue weighted by molar-refractivity contribution is 5.54. The van der Waals surface area contributed by atoms with Crippen LogP contribution in [0.2, 0.25) is 0 Å². The molecule has 0 amide bonds. The van der Waals surface area contributed by atoms with E-state index in [1.165, 1.54) is 12.1 Å². The Labute approximate surface area is 139 Å². The van der Waals surface area contributed by atoms with Crippen molar-refractivity contribution in [1.82, 2.24) is 9.97 Å². The van der Waals surface area contributed by atoms with Crippen molar-refractivity contribution in [3.63, 3.8) is 0 Å². The van der Waals surface area contributed by atoms with E-state index in [9.17, 15) is 4.39 Å². The van der Waals surface area contributed by atoms with E-state index in [-0.39, 0.29) is 5.82 Å². The lowest BCUT2D eigenvalue weighted by Crippen LogP contribution is -2.04. The topological polar surface area (TPSA) is 59.1 Å². The largest absolute Gasteiger partial charge is 0.497 e. The number of benzene rings is 2. The molecule has 0 atom stereocenters. The minimum atomic E-state index is -0.281. The monoisotopic (exact) mass is 324 g/mol. The maximum Gasteiger partial charge on any atom is 0.229 e. The predicted molar refractivity (Wildman–Crippen MR) is 92.0 cm³/mol. The molecule has 24 heavy (non-hydrogen) atoms. The number of hydrogen-bond donors (Lipinski definition) is 2. The molecular formula is C18H17FN4O. The third-order valence-electron chi connectivity index (χ3n) is 3.39. The van der Waals surface area contributed by atoms with Gasteiger partial charge < -0.3 is 15.4 Å². The summed E-state index contributed by atoms with van der Waals surface area (Å²) in [5.41, 5.74) is 1.84. The Kier molecular flexibility index (Phi) is 4.86. The fourth-order valence-corrected chi connectivity index (χ4v) is 2.12. The second-order valence-corrected chi connectivity index (χ2v) is 5.10. The first-order valence-corrected chi connectivity index (χ1v) is 7.45. The van der Waals surface area contributed by atoms with Crippen LogP contribution < -0.4 is 15.4 Å². The summed E-state index contributed by atoms with van der Waals surface area (Å²) >= 11 is 0. The van der Waals surface area contributed by atoms with Gasteiger partial charge in [-0.3, -0.25) is 0 Å². The molecule has 3 aromatic rings. The van der Waals surface area contributed by atoms with Crippen molar-refractivity contribution in [2.75, 3.05) is 17.7 Å². The number of rotatable bonds is 6. The molecule has 0 saturated heterocycles. The van der Waals surface area contributed by atoms with E-state index in [0.717, 1.165) is 17.0 Å². The van der Waals surface area contributed by atoms with Crippen molar-refractivity contribution >= 4 is 17.5 Å². The first-order valence-electron chi connectivity index (χ1n) is 7.45. The molecule has 0 aliphatic carbocycles. The van der Waals surface area contributed by atoms with Crippen LogP contribution in [0, 0.1) is 5.82 Å². The van der Waals surface area contributed by atoms with Gasteiger partial charge in [0.25, 0.3) is 0 Å². The highest BCUT2D eigenvalue weighted by atomic mass is 19.1. The summed E-state index contributed by atoms with van der Waals surface area (Å²) in [7, 11) is 1.64. The van der Waals surface area contributed by atoms with Gasteiger partial charge in [0.05, 0.1) is 7.11 Å². The van der Waals surface area contributed by atoms with Crippen LogP contribution in [-0.2, 0) is 6.54 Å². The van der Waals surface area contributed by atoms with Crippen molar-refractivity contribution in [2.45, 2.75) is 6.54 Å². The van der Waals surface area contributed by atoms with Gasteiger partial charge in [0.15, 0.2) is 0 Å². The summed E-state index contributed by atoms with van der Waals surface area (Å²) < 4.78 is 18.1. The van der Waals surface area contributed by atoms with Gasteiger partial charge in [-0.2, -0.15) is 4.98 Å². The molecule has 122 valence electrons. The van der Waals surface area contributed by atoms with Gasteiger partial charge in [-0.25, -0.2) is 9.37 Å². The number of ether oxygens (including phenoxy) is 1. The second kappa shape index (κ2) is 7.41. The van der Waals surface area contributed by atoms with Gasteiger partial charge in [0, 0.05) is 18.4 Å². The molecule has 0 aliphatic rings. The Balaban J connectivity index is 1.63. The summed E-state index contributed by atoms with van der Waals surface area (Å²) in [5, 5.41) is 6.28. The van der Waals surface area contributed by atoms with E-state index >= 15 is 0 Å². The van der Waals surface area contributed by atoms with Crippen molar-refractivity contribution < 1.29 is 9.13 Å². The minimum absolute atomic E-state index is 0.281. The molecule has 0 bridgehead atoms. The van der Waals surface area contributed by atoms with E-state index in [0.29, 0.717) is 18.3 Å². The molecule has 6 heteroatoms. The number of hydrogen-bond acceptors (Lipinski definition) is 5. The molecule has 0 saturated carbocycles. The SMILES string of the molecule is COc1ccc(CNc2ccnc(Nc3ccc(F)cc3)n2)cc1. The number of anilines is 3. The maximum absolute atomic E-state index is 12.9. The first kappa shape index (κ1) is 15.7. The highest BCUT2D eigenvalue weighted by Crippen LogP contribution is 2.16. The fourth-order valence-electron chi connectivity index (χ4n) is 2.12. The van der Waals surface area contributed by atoms with Crippen molar-refractivity contribution in [2.24, 2.45) is 0 Å². The molecule has 2 aromatic carbocycles. The summed E-state index contributed by atoms with van der Waals surface area (Å²) in [6.45, 7) is 0.636. The Hall–Kier alpha value is -3.15. The van der Waals surface area contributed by atoms with Crippen LogP contribution >= 0.6 is 0 Å². The highest BCUT2D eigenvalue weighted by Gasteiger charge is 2.01. The fraction of sp³-hybridized carbons (Fsp3) is 0.111. The van der Waals surface area contributed by atoms with Crippen molar-refractivity contribution in [1.29, 1.82) is 0 Å². The van der Waals surface area contributed by atoms with Crippen LogP contribution in [0.4, 0.5) is 21.8 Å². The second-order valence-electron chi connectivity index (χ2n) is 5.10. The molecule has 3 rings (SSSR count). The first-order chi connectivity index (χ1) is 11.7. The van der Waals surface area contributed by atoms with E-state index in [1.807, 2.05) is 24.3 Å². The number of nitrogens with zero attached hydrogens (tertiary/aromatic N) is 2. The maximum atomic E-state index is 12.9. The summed E-state index contributed by atoms with van der Waals surface area (Å²) in [4.78, 5) is 8.55. The number of halogens is 1. The van der Waals surface area contributed by atoms with Crippen molar-refractivity contribution in [3.05, 3.63) is 72.2 Å². The van der Waals surface area contributed by atoms with Crippen LogP contribution in [0.5, 0.6) is 5.75 Å². The standard InChI is InChI=1S/C18H17FN4O/c1-24-16-8-2-13(3-9-16)12-21-17-10-11-20-18(23-17)22-15-6-4-14(19)5-7-15/h2-11H,12H2,1H3,(H2,20,21,22,23). The summed E-state index contributed by atoms with van der Waals surface area (Å²) in [6.07, 6.45) is 1.66. The molecule has 0 aliphatic heterocycles. The van der Waals surface area contributed by atoms with Gasteiger partial charge in [-0.15, -0.1) is 0 Å². The molecular weight excluding hydrogens is 307 g/mol.